The van der Waals surface area contributed by atoms with Crippen molar-refractivity contribution in [1.82, 2.24) is 4.98 Å². The molecule has 2 N–H and O–H groups in total. The van der Waals surface area contributed by atoms with Crippen LogP contribution < -0.4 is 5.73 Å². The molecule has 0 spiro atoms. The predicted molar refractivity (Wildman–Crippen MR) is 71.6 cm³/mol. The van der Waals surface area contributed by atoms with Crippen LogP contribution in [0.4, 0.5) is 0 Å². The molecule has 3 nitrogen and oxygen atoms in total. The van der Waals surface area contributed by atoms with Crippen LogP contribution in [0.2, 0.25) is 0 Å². The first-order chi connectivity index (χ1) is 8.58. The normalized spacial score (nSPS) is 17.4. The number of carbonyl (C=O) groups excluding carboxylic acids is 1. The summed E-state index contributed by atoms with van der Waals surface area (Å²) in [5.41, 5.74) is 8.07. The van der Waals surface area contributed by atoms with Crippen molar-refractivity contribution < 1.29 is 4.79 Å². The highest BCUT2D eigenvalue weighted by molar-refractivity contribution is 6.05. The molecule has 2 aromatic rings. The molecule has 0 amide bonds. The molecule has 1 aromatic carbocycles. The highest BCUT2D eigenvalue weighted by atomic mass is 16.1. The summed E-state index contributed by atoms with van der Waals surface area (Å²) in [5.74, 6) is 0.0659. The van der Waals surface area contributed by atoms with Crippen LogP contribution in [0.15, 0.2) is 30.3 Å². The van der Waals surface area contributed by atoms with E-state index < -0.39 is 5.54 Å². The van der Waals surface area contributed by atoms with Gasteiger partial charge < -0.3 is 5.73 Å². The smallest absolute Gasteiger partial charge is 0.182 e. The Morgan fingerprint density at radius 3 is 2.72 bits per heavy atom. The highest BCUT2D eigenvalue weighted by Gasteiger charge is 2.40. The van der Waals surface area contributed by atoms with Crippen molar-refractivity contribution in [3.05, 3.63) is 41.6 Å². The molecule has 18 heavy (non-hydrogen) atoms. The van der Waals surface area contributed by atoms with Crippen LogP contribution in [0.5, 0.6) is 0 Å². The minimum Gasteiger partial charge on any atom is -0.319 e. The summed E-state index contributed by atoms with van der Waals surface area (Å²) >= 11 is 0. The predicted octanol–water partition coefficient (Wildman–Crippen LogP) is 2.61. The summed E-state index contributed by atoms with van der Waals surface area (Å²) in [5, 5.41) is 0.995. The standard InChI is InChI=1S/C15H16N2O/c1-10-3-4-11-9-12(5-6-13(11)17-10)14(18)15(16)7-2-8-15/h3-6,9H,2,7-8,16H2,1H3. The van der Waals surface area contributed by atoms with E-state index in [0.717, 1.165) is 35.9 Å². The first kappa shape index (κ1) is 11.4. The highest BCUT2D eigenvalue weighted by Crippen LogP contribution is 2.32. The van der Waals surface area contributed by atoms with Gasteiger partial charge in [0, 0.05) is 16.6 Å². The van der Waals surface area contributed by atoms with Gasteiger partial charge in [-0.05, 0) is 50.5 Å². The lowest BCUT2D eigenvalue weighted by Crippen LogP contribution is -2.53. The summed E-state index contributed by atoms with van der Waals surface area (Å²) in [6, 6.07) is 9.59. The van der Waals surface area contributed by atoms with Crippen LogP contribution in [-0.2, 0) is 0 Å². The van der Waals surface area contributed by atoms with Crippen LogP contribution in [0, 0.1) is 6.92 Å². The molecule has 0 atom stereocenters. The topological polar surface area (TPSA) is 56.0 Å². The van der Waals surface area contributed by atoms with E-state index in [1.54, 1.807) is 0 Å². The molecular weight excluding hydrogens is 224 g/mol. The van der Waals surface area contributed by atoms with Crippen molar-refractivity contribution in [1.29, 1.82) is 0 Å². The largest absolute Gasteiger partial charge is 0.319 e. The summed E-state index contributed by atoms with van der Waals surface area (Å²) in [4.78, 5) is 16.7. The second-order valence-corrected chi connectivity index (χ2v) is 5.20. The number of fused-ring (bicyclic) bond motifs is 1. The number of nitrogens with two attached hydrogens (primary N) is 1. The van der Waals surface area contributed by atoms with Gasteiger partial charge in [-0.1, -0.05) is 6.07 Å². The van der Waals surface area contributed by atoms with E-state index >= 15 is 0 Å². The van der Waals surface area contributed by atoms with E-state index in [1.165, 1.54) is 0 Å². The molecule has 0 radical (unpaired) electrons. The van der Waals surface area contributed by atoms with Gasteiger partial charge in [0.2, 0.25) is 0 Å². The zero-order chi connectivity index (χ0) is 12.8. The van der Waals surface area contributed by atoms with E-state index in [-0.39, 0.29) is 5.78 Å². The van der Waals surface area contributed by atoms with E-state index in [9.17, 15) is 4.79 Å². The molecule has 1 aliphatic rings. The number of hydrogen-bond acceptors (Lipinski definition) is 3. The van der Waals surface area contributed by atoms with Gasteiger partial charge in [0.25, 0.3) is 0 Å². The lowest BCUT2D eigenvalue weighted by atomic mass is 9.73. The molecule has 0 unspecified atom stereocenters. The van der Waals surface area contributed by atoms with Crippen molar-refractivity contribution in [3.8, 4) is 0 Å². The van der Waals surface area contributed by atoms with Gasteiger partial charge in [-0.15, -0.1) is 0 Å². The molecule has 0 aliphatic heterocycles. The van der Waals surface area contributed by atoms with E-state index in [2.05, 4.69) is 4.98 Å². The lowest BCUT2D eigenvalue weighted by Gasteiger charge is -2.36. The van der Waals surface area contributed by atoms with Crippen LogP contribution >= 0.6 is 0 Å². The minimum atomic E-state index is -0.619. The number of aromatic nitrogens is 1. The molecule has 1 aliphatic carbocycles. The Hall–Kier alpha value is -1.74. The molecule has 0 saturated heterocycles. The molecule has 92 valence electrons. The van der Waals surface area contributed by atoms with Crippen molar-refractivity contribution in [3.63, 3.8) is 0 Å². The van der Waals surface area contributed by atoms with Gasteiger partial charge in [-0.3, -0.25) is 9.78 Å². The summed E-state index contributed by atoms with van der Waals surface area (Å²) in [6.45, 7) is 1.96. The third-order valence-electron chi connectivity index (χ3n) is 3.79. The summed E-state index contributed by atoms with van der Waals surface area (Å²) < 4.78 is 0. The van der Waals surface area contributed by atoms with Gasteiger partial charge in [0.15, 0.2) is 5.78 Å². The number of rotatable bonds is 2. The number of pyridine rings is 1. The number of carbonyl (C=O) groups is 1. The third-order valence-corrected chi connectivity index (χ3v) is 3.79. The number of ketones is 1. The van der Waals surface area contributed by atoms with Gasteiger partial charge >= 0.3 is 0 Å². The Balaban J connectivity index is 2.03. The van der Waals surface area contributed by atoms with E-state index in [0.29, 0.717) is 5.56 Å². The zero-order valence-corrected chi connectivity index (χ0v) is 10.4. The number of benzene rings is 1. The van der Waals surface area contributed by atoms with Crippen LogP contribution in [-0.4, -0.2) is 16.3 Å². The number of nitrogens with zero attached hydrogens (tertiary/aromatic N) is 1. The molecule has 1 heterocycles. The molecular formula is C15H16N2O. The second kappa shape index (κ2) is 3.89. The quantitative estimate of drug-likeness (QED) is 0.821. The number of Topliss-reactive ketones (excluding diaryl/α,β-unsaturated/α-hetero) is 1. The van der Waals surface area contributed by atoms with Crippen molar-refractivity contribution in [2.75, 3.05) is 0 Å². The average molecular weight is 240 g/mol. The van der Waals surface area contributed by atoms with Gasteiger partial charge in [0.05, 0.1) is 11.1 Å². The Morgan fingerprint density at radius 1 is 1.28 bits per heavy atom. The maximum absolute atomic E-state index is 12.3. The SMILES string of the molecule is Cc1ccc2cc(C(=O)C3(N)CCC3)ccc2n1. The maximum Gasteiger partial charge on any atom is 0.182 e. The molecule has 1 aromatic heterocycles. The molecule has 3 rings (SSSR count). The van der Waals surface area contributed by atoms with E-state index in [4.69, 9.17) is 5.73 Å². The van der Waals surface area contributed by atoms with Gasteiger partial charge in [-0.25, -0.2) is 0 Å². The van der Waals surface area contributed by atoms with Crippen molar-refractivity contribution >= 4 is 16.7 Å². The number of aryl methyl sites for hydroxylation is 1. The van der Waals surface area contributed by atoms with Gasteiger partial charge in [0.1, 0.15) is 0 Å². The third kappa shape index (κ3) is 1.71. The fourth-order valence-corrected chi connectivity index (χ4v) is 2.44. The van der Waals surface area contributed by atoms with Gasteiger partial charge in [-0.2, -0.15) is 0 Å². The fraction of sp³-hybridized carbons (Fsp3) is 0.333. The fourth-order valence-electron chi connectivity index (χ4n) is 2.44. The number of hydrogen-bond donors (Lipinski definition) is 1. The Morgan fingerprint density at radius 2 is 2.06 bits per heavy atom. The summed E-state index contributed by atoms with van der Waals surface area (Å²) in [6.07, 6.45) is 2.66. The molecule has 1 saturated carbocycles. The monoisotopic (exact) mass is 240 g/mol. The Kier molecular flexibility index (Phi) is 2.45. The minimum absolute atomic E-state index is 0.0659. The second-order valence-electron chi connectivity index (χ2n) is 5.20. The Labute approximate surface area is 106 Å². The zero-order valence-electron chi connectivity index (χ0n) is 10.4. The van der Waals surface area contributed by atoms with Crippen LogP contribution in [0.25, 0.3) is 10.9 Å². The average Bonchev–Trinajstić information content (AvgIpc) is 2.34. The van der Waals surface area contributed by atoms with Crippen LogP contribution in [0.1, 0.15) is 35.3 Å². The molecule has 0 bridgehead atoms. The Bertz CT molecular complexity index is 629. The molecule has 3 heteroatoms. The lowest BCUT2D eigenvalue weighted by molar-refractivity contribution is 0.0801. The molecule has 1 fully saturated rings. The first-order valence-corrected chi connectivity index (χ1v) is 6.30. The first-order valence-electron chi connectivity index (χ1n) is 6.30. The van der Waals surface area contributed by atoms with Crippen molar-refractivity contribution in [2.45, 2.75) is 31.7 Å². The van der Waals surface area contributed by atoms with Crippen LogP contribution in [0.3, 0.4) is 0 Å². The summed E-state index contributed by atoms with van der Waals surface area (Å²) in [7, 11) is 0. The maximum atomic E-state index is 12.3. The van der Waals surface area contributed by atoms with Crippen molar-refractivity contribution in [2.24, 2.45) is 5.73 Å². The van der Waals surface area contributed by atoms with E-state index in [1.807, 2.05) is 37.3 Å².